The van der Waals surface area contributed by atoms with Gasteiger partial charge in [0.25, 0.3) is 0 Å². The van der Waals surface area contributed by atoms with E-state index in [1.54, 1.807) is 24.9 Å². The fourth-order valence-electron chi connectivity index (χ4n) is 3.13. The quantitative estimate of drug-likeness (QED) is 0.494. The molecule has 6 nitrogen and oxygen atoms in total. The van der Waals surface area contributed by atoms with Crippen molar-refractivity contribution in [3.8, 4) is 23.0 Å². The summed E-state index contributed by atoms with van der Waals surface area (Å²) >= 11 is 0. The maximum Gasteiger partial charge on any atom is 0.177 e. The van der Waals surface area contributed by atoms with Gasteiger partial charge in [-0.2, -0.15) is 0 Å². The lowest BCUT2D eigenvalue weighted by molar-refractivity contribution is 0.578. The molecule has 5 rings (SSSR count). The van der Waals surface area contributed by atoms with Gasteiger partial charge >= 0.3 is 0 Å². The second-order valence-electron chi connectivity index (χ2n) is 5.87. The van der Waals surface area contributed by atoms with Crippen LogP contribution in [-0.2, 0) is 14.1 Å². The smallest absolute Gasteiger partial charge is 0.177 e. The molecule has 6 heteroatoms. The van der Waals surface area contributed by atoms with Crippen LogP contribution >= 0.6 is 0 Å². The monoisotopic (exact) mass is 318 g/mol. The zero-order valence-corrected chi connectivity index (χ0v) is 13.2. The number of imidazole rings is 2. The molecule has 5 aromatic rings. The van der Waals surface area contributed by atoms with Gasteiger partial charge in [-0.25, -0.2) is 9.97 Å². The Labute approximate surface area is 137 Å². The normalized spacial score (nSPS) is 11.8. The van der Waals surface area contributed by atoms with Crippen LogP contribution in [0.5, 0.6) is 0 Å². The lowest BCUT2D eigenvalue weighted by Gasteiger charge is -2.01. The first-order chi connectivity index (χ1) is 11.7. The van der Waals surface area contributed by atoms with Gasteiger partial charge in [-0.15, -0.1) is 0 Å². The molecule has 0 aliphatic carbocycles. The Morgan fingerprint density at radius 3 is 2.29 bits per heavy atom. The first-order valence-corrected chi connectivity index (χ1v) is 7.60. The molecule has 0 spiro atoms. The Morgan fingerprint density at radius 1 is 0.833 bits per heavy atom. The average molecular weight is 318 g/mol. The van der Waals surface area contributed by atoms with Crippen LogP contribution in [0.25, 0.3) is 44.7 Å². The van der Waals surface area contributed by atoms with Crippen LogP contribution in [0.15, 0.2) is 58.3 Å². The third kappa shape index (κ3) is 1.70. The number of hydrogen-bond donors (Lipinski definition) is 0. The van der Waals surface area contributed by atoms with Gasteiger partial charge in [0.15, 0.2) is 11.6 Å². The molecule has 0 aliphatic heterocycles. The summed E-state index contributed by atoms with van der Waals surface area (Å²) in [6.45, 7) is 0. The van der Waals surface area contributed by atoms with Gasteiger partial charge < -0.3 is 18.0 Å². The Kier molecular flexibility index (Phi) is 2.53. The van der Waals surface area contributed by atoms with Crippen molar-refractivity contribution in [3.63, 3.8) is 0 Å². The summed E-state index contributed by atoms with van der Waals surface area (Å²) in [5.74, 6) is 2.42. The molecule has 0 radical (unpaired) electrons. The highest BCUT2D eigenvalue weighted by Gasteiger charge is 2.18. The van der Waals surface area contributed by atoms with Gasteiger partial charge in [-0.3, -0.25) is 0 Å². The standard InChI is InChI=1S/C18H14N4O2/c1-21-5-3-19-17(21)14-10-23-15-7-11-9-24-16(12(11)8-13(14)15)18-20-4-6-22(18)2/h3-10H,1-2H3. The number of nitrogens with zero attached hydrogens (tertiary/aromatic N) is 4. The second kappa shape index (κ2) is 4.61. The molecule has 0 unspecified atom stereocenters. The van der Waals surface area contributed by atoms with E-state index in [0.29, 0.717) is 0 Å². The number of rotatable bonds is 2. The van der Waals surface area contributed by atoms with Crippen molar-refractivity contribution in [2.45, 2.75) is 0 Å². The van der Waals surface area contributed by atoms with Crippen LogP contribution < -0.4 is 0 Å². The van der Waals surface area contributed by atoms with Crippen molar-refractivity contribution in [3.05, 3.63) is 49.4 Å². The van der Waals surface area contributed by atoms with Crippen LogP contribution in [-0.4, -0.2) is 19.1 Å². The lowest BCUT2D eigenvalue weighted by Crippen LogP contribution is -1.91. The van der Waals surface area contributed by atoms with Crippen molar-refractivity contribution < 1.29 is 8.83 Å². The van der Waals surface area contributed by atoms with Crippen LogP contribution in [0.3, 0.4) is 0 Å². The van der Waals surface area contributed by atoms with Gasteiger partial charge in [0.2, 0.25) is 0 Å². The molecular weight excluding hydrogens is 304 g/mol. The van der Waals surface area contributed by atoms with Crippen LogP contribution in [0, 0.1) is 0 Å². The van der Waals surface area contributed by atoms with Gasteiger partial charge in [0.05, 0.1) is 11.8 Å². The number of furan rings is 2. The molecule has 0 N–H and O–H groups in total. The number of aryl methyl sites for hydroxylation is 2. The van der Waals surface area contributed by atoms with Crippen LogP contribution in [0.1, 0.15) is 0 Å². The number of fused-ring (bicyclic) bond motifs is 2. The van der Waals surface area contributed by atoms with Gasteiger partial charge in [-0.05, 0) is 12.1 Å². The number of aromatic nitrogens is 4. The fourth-order valence-corrected chi connectivity index (χ4v) is 3.13. The number of benzene rings is 1. The maximum atomic E-state index is 5.79. The van der Waals surface area contributed by atoms with E-state index in [2.05, 4.69) is 16.0 Å². The SMILES string of the molecule is Cn1ccnc1-c1occ2cc3occ(-c4nccn4C)c3cc12. The Bertz CT molecular complexity index is 1100. The van der Waals surface area contributed by atoms with E-state index in [9.17, 15) is 0 Å². The lowest BCUT2D eigenvalue weighted by atomic mass is 10.1. The molecule has 4 heterocycles. The first kappa shape index (κ1) is 13.2. The van der Waals surface area contributed by atoms with E-state index in [4.69, 9.17) is 8.83 Å². The van der Waals surface area contributed by atoms with Crippen molar-refractivity contribution in [2.24, 2.45) is 14.1 Å². The van der Waals surface area contributed by atoms with E-state index >= 15 is 0 Å². The predicted molar refractivity (Wildman–Crippen MR) is 90.4 cm³/mol. The first-order valence-electron chi connectivity index (χ1n) is 7.60. The summed E-state index contributed by atoms with van der Waals surface area (Å²) in [5, 5.41) is 3.00. The van der Waals surface area contributed by atoms with E-state index in [1.807, 2.05) is 41.7 Å². The third-order valence-electron chi connectivity index (χ3n) is 4.38. The molecule has 0 saturated heterocycles. The largest absolute Gasteiger partial charge is 0.464 e. The zero-order chi connectivity index (χ0) is 16.3. The summed E-state index contributed by atoms with van der Waals surface area (Å²) in [6.07, 6.45) is 10.9. The van der Waals surface area contributed by atoms with E-state index < -0.39 is 0 Å². The van der Waals surface area contributed by atoms with Crippen molar-refractivity contribution >= 4 is 21.7 Å². The molecule has 0 fully saturated rings. The molecular formula is C18H14N4O2. The molecule has 0 aliphatic rings. The summed E-state index contributed by atoms with van der Waals surface area (Å²) in [4.78, 5) is 8.82. The Balaban J connectivity index is 1.82. The average Bonchev–Trinajstić information content (AvgIpc) is 3.32. The Morgan fingerprint density at radius 2 is 1.58 bits per heavy atom. The van der Waals surface area contributed by atoms with E-state index in [-0.39, 0.29) is 0 Å². The summed E-state index contributed by atoms with van der Waals surface area (Å²) in [7, 11) is 3.92. The molecule has 0 amide bonds. The van der Waals surface area contributed by atoms with Crippen LogP contribution in [0.2, 0.25) is 0 Å². The van der Waals surface area contributed by atoms with Crippen molar-refractivity contribution in [1.82, 2.24) is 19.1 Å². The minimum Gasteiger partial charge on any atom is -0.464 e. The molecule has 4 aromatic heterocycles. The van der Waals surface area contributed by atoms with Crippen LogP contribution in [0.4, 0.5) is 0 Å². The van der Waals surface area contributed by atoms with Crippen molar-refractivity contribution in [2.75, 3.05) is 0 Å². The minimum absolute atomic E-state index is 0.756. The van der Waals surface area contributed by atoms with Gasteiger partial charge in [-0.1, -0.05) is 0 Å². The number of hydrogen-bond acceptors (Lipinski definition) is 4. The maximum absolute atomic E-state index is 5.79. The minimum atomic E-state index is 0.756. The highest BCUT2D eigenvalue weighted by Crippen LogP contribution is 2.37. The second-order valence-corrected chi connectivity index (χ2v) is 5.87. The topological polar surface area (TPSA) is 61.9 Å². The highest BCUT2D eigenvalue weighted by atomic mass is 16.3. The summed E-state index contributed by atoms with van der Waals surface area (Å²) in [6, 6.07) is 4.08. The molecule has 0 saturated carbocycles. The molecule has 1 aromatic carbocycles. The molecule has 118 valence electrons. The third-order valence-corrected chi connectivity index (χ3v) is 4.38. The molecule has 0 atom stereocenters. The fraction of sp³-hybridized carbons (Fsp3) is 0.111. The van der Waals surface area contributed by atoms with E-state index in [1.165, 1.54) is 0 Å². The molecule has 24 heavy (non-hydrogen) atoms. The summed E-state index contributed by atoms with van der Waals surface area (Å²) in [5.41, 5.74) is 1.78. The van der Waals surface area contributed by atoms with Crippen molar-refractivity contribution in [1.29, 1.82) is 0 Å². The van der Waals surface area contributed by atoms with E-state index in [0.717, 1.165) is 44.7 Å². The predicted octanol–water partition coefficient (Wildman–Crippen LogP) is 3.98. The van der Waals surface area contributed by atoms with Gasteiger partial charge in [0, 0.05) is 55.0 Å². The Hall–Kier alpha value is -3.28. The molecule has 0 bridgehead atoms. The highest BCUT2D eigenvalue weighted by molar-refractivity contribution is 6.05. The zero-order valence-electron chi connectivity index (χ0n) is 13.2. The summed E-state index contributed by atoms with van der Waals surface area (Å²) < 4.78 is 15.5. The van der Waals surface area contributed by atoms with Gasteiger partial charge in [0.1, 0.15) is 17.7 Å².